The molecule has 1 N–H and O–H groups in total. The Morgan fingerprint density at radius 1 is 1.53 bits per heavy atom. The predicted molar refractivity (Wildman–Crippen MR) is 69.4 cm³/mol. The zero-order valence-corrected chi connectivity index (χ0v) is 11.3. The Bertz CT molecular complexity index is 278. The topological polar surface area (TPSA) is 46.5 Å². The summed E-state index contributed by atoms with van der Waals surface area (Å²) in [6.07, 6.45) is 4.80. The zero-order valence-electron chi connectivity index (χ0n) is 10.5. The molecule has 0 aromatic carbocycles. The summed E-state index contributed by atoms with van der Waals surface area (Å²) < 4.78 is 5.72. The number of hydrogen-bond acceptors (Lipinski definition) is 3. The van der Waals surface area contributed by atoms with Gasteiger partial charge in [0.2, 0.25) is 0 Å². The molecule has 2 fully saturated rings. The molecule has 17 heavy (non-hydrogen) atoms. The molecule has 2 rings (SSSR count). The molecule has 3 nitrogen and oxygen atoms in total. The number of thioether (sulfide) groups is 1. The van der Waals surface area contributed by atoms with Crippen molar-refractivity contribution in [3.05, 3.63) is 0 Å². The van der Waals surface area contributed by atoms with Gasteiger partial charge in [0.25, 0.3) is 0 Å². The van der Waals surface area contributed by atoms with Crippen LogP contribution in [0.15, 0.2) is 0 Å². The molecule has 0 aromatic rings. The van der Waals surface area contributed by atoms with Gasteiger partial charge in [-0.1, -0.05) is 6.92 Å². The van der Waals surface area contributed by atoms with Crippen LogP contribution >= 0.6 is 11.8 Å². The summed E-state index contributed by atoms with van der Waals surface area (Å²) in [5.74, 6) is 2.08. The van der Waals surface area contributed by atoms with E-state index in [4.69, 9.17) is 4.74 Å². The average Bonchev–Trinajstić information content (AvgIpc) is 3.05. The van der Waals surface area contributed by atoms with E-state index in [-0.39, 0.29) is 6.10 Å². The Balaban J connectivity index is 1.95. The van der Waals surface area contributed by atoms with Gasteiger partial charge < -0.3 is 9.84 Å². The molecule has 1 saturated carbocycles. The van der Waals surface area contributed by atoms with Crippen molar-refractivity contribution in [2.45, 2.75) is 45.1 Å². The molecule has 2 unspecified atom stereocenters. The monoisotopic (exact) mass is 258 g/mol. The first kappa shape index (κ1) is 13.2. The van der Waals surface area contributed by atoms with E-state index < -0.39 is 11.4 Å². The highest BCUT2D eigenvalue weighted by atomic mass is 32.2. The molecular weight excluding hydrogens is 236 g/mol. The van der Waals surface area contributed by atoms with Crippen molar-refractivity contribution >= 4 is 17.7 Å². The summed E-state index contributed by atoms with van der Waals surface area (Å²) in [5.41, 5.74) is -0.574. The van der Waals surface area contributed by atoms with Gasteiger partial charge in [-0.15, -0.1) is 0 Å². The van der Waals surface area contributed by atoms with Crippen LogP contribution in [-0.2, 0) is 9.53 Å². The van der Waals surface area contributed by atoms with Crippen LogP contribution < -0.4 is 0 Å². The van der Waals surface area contributed by atoms with Gasteiger partial charge in [-0.2, -0.15) is 11.8 Å². The van der Waals surface area contributed by atoms with E-state index in [9.17, 15) is 9.90 Å². The third-order valence-electron chi connectivity index (χ3n) is 3.98. The fraction of sp³-hybridized carbons (Fsp3) is 0.923. The molecule has 0 radical (unpaired) electrons. The van der Waals surface area contributed by atoms with Crippen molar-refractivity contribution in [3.63, 3.8) is 0 Å². The van der Waals surface area contributed by atoms with Crippen molar-refractivity contribution < 1.29 is 14.6 Å². The smallest absolute Gasteiger partial charge is 0.312 e. The van der Waals surface area contributed by atoms with Gasteiger partial charge in [0.05, 0.1) is 11.5 Å². The van der Waals surface area contributed by atoms with Gasteiger partial charge in [-0.3, -0.25) is 4.79 Å². The first-order chi connectivity index (χ1) is 8.20. The maximum absolute atomic E-state index is 11.6. The van der Waals surface area contributed by atoms with Gasteiger partial charge >= 0.3 is 5.97 Å². The van der Waals surface area contributed by atoms with Gasteiger partial charge in [0.1, 0.15) is 0 Å². The Hall–Kier alpha value is -0.220. The normalized spacial score (nSPS) is 32.9. The maximum Gasteiger partial charge on any atom is 0.312 e. The number of carboxylic acid groups (broad SMARTS) is 1. The first-order valence-corrected chi connectivity index (χ1v) is 7.79. The molecule has 0 aromatic heterocycles. The molecule has 1 aliphatic carbocycles. The van der Waals surface area contributed by atoms with Gasteiger partial charge in [-0.25, -0.2) is 0 Å². The van der Waals surface area contributed by atoms with Crippen LogP contribution in [0.25, 0.3) is 0 Å². The molecule has 0 spiro atoms. The van der Waals surface area contributed by atoms with E-state index in [0.717, 1.165) is 37.2 Å². The van der Waals surface area contributed by atoms with Gasteiger partial charge in [0, 0.05) is 6.61 Å². The van der Waals surface area contributed by atoms with E-state index in [1.54, 1.807) is 0 Å². The van der Waals surface area contributed by atoms with E-state index in [0.29, 0.717) is 18.9 Å². The molecule has 0 amide bonds. The number of carboxylic acids is 1. The van der Waals surface area contributed by atoms with Gasteiger partial charge in [0.15, 0.2) is 0 Å². The SMILES string of the molecule is CCSCCCC1(C(=O)O)CCOC1C1CC1. The summed E-state index contributed by atoms with van der Waals surface area (Å²) in [7, 11) is 0. The highest BCUT2D eigenvalue weighted by Gasteiger charge is 2.55. The minimum Gasteiger partial charge on any atom is -0.481 e. The highest BCUT2D eigenvalue weighted by molar-refractivity contribution is 7.99. The van der Waals surface area contributed by atoms with Crippen LogP contribution in [0, 0.1) is 11.3 Å². The molecule has 1 saturated heterocycles. The number of aliphatic carboxylic acids is 1. The van der Waals surface area contributed by atoms with Crippen LogP contribution in [0.2, 0.25) is 0 Å². The third kappa shape index (κ3) is 2.79. The van der Waals surface area contributed by atoms with Crippen LogP contribution in [0.1, 0.15) is 39.0 Å². The lowest BCUT2D eigenvalue weighted by atomic mass is 9.75. The van der Waals surface area contributed by atoms with Crippen molar-refractivity contribution in [1.29, 1.82) is 0 Å². The number of ether oxygens (including phenoxy) is 1. The van der Waals surface area contributed by atoms with Crippen LogP contribution in [0.4, 0.5) is 0 Å². The van der Waals surface area contributed by atoms with Crippen LogP contribution in [0.3, 0.4) is 0 Å². The Morgan fingerprint density at radius 3 is 2.88 bits per heavy atom. The maximum atomic E-state index is 11.6. The van der Waals surface area contributed by atoms with Gasteiger partial charge in [-0.05, 0) is 49.5 Å². The molecule has 1 aliphatic heterocycles. The Morgan fingerprint density at radius 2 is 2.29 bits per heavy atom. The molecule has 4 heteroatoms. The average molecular weight is 258 g/mol. The minimum absolute atomic E-state index is 0.00775. The van der Waals surface area contributed by atoms with E-state index in [1.807, 2.05) is 11.8 Å². The molecule has 98 valence electrons. The fourth-order valence-electron chi connectivity index (χ4n) is 2.89. The van der Waals surface area contributed by atoms with Crippen LogP contribution in [-0.4, -0.2) is 35.3 Å². The zero-order chi connectivity index (χ0) is 12.3. The van der Waals surface area contributed by atoms with Crippen molar-refractivity contribution in [3.8, 4) is 0 Å². The molecule has 0 bridgehead atoms. The lowest BCUT2D eigenvalue weighted by Crippen LogP contribution is -2.40. The fourth-order valence-corrected chi connectivity index (χ4v) is 3.53. The minimum atomic E-state index is -0.631. The lowest BCUT2D eigenvalue weighted by Gasteiger charge is -2.29. The summed E-state index contributed by atoms with van der Waals surface area (Å²) in [5, 5.41) is 9.58. The summed E-state index contributed by atoms with van der Waals surface area (Å²) in [6, 6.07) is 0. The van der Waals surface area contributed by atoms with Crippen molar-refractivity contribution in [1.82, 2.24) is 0 Å². The number of carbonyl (C=O) groups is 1. The predicted octanol–water partition coefficient (Wildman–Crippen LogP) is 2.79. The largest absolute Gasteiger partial charge is 0.481 e. The second-order valence-corrected chi connectivity index (χ2v) is 6.53. The first-order valence-electron chi connectivity index (χ1n) is 6.63. The van der Waals surface area contributed by atoms with Crippen molar-refractivity contribution in [2.24, 2.45) is 11.3 Å². The third-order valence-corrected chi connectivity index (χ3v) is 4.97. The van der Waals surface area contributed by atoms with E-state index in [1.165, 1.54) is 0 Å². The second-order valence-electron chi connectivity index (χ2n) is 5.14. The van der Waals surface area contributed by atoms with E-state index in [2.05, 4.69) is 6.92 Å². The van der Waals surface area contributed by atoms with Crippen LogP contribution in [0.5, 0.6) is 0 Å². The Labute approximate surface area is 107 Å². The standard InChI is InChI=1S/C13H22O3S/c1-2-17-9-3-6-13(12(14)15)7-8-16-11(13)10-4-5-10/h10-11H,2-9H2,1H3,(H,14,15). The molecule has 2 atom stereocenters. The van der Waals surface area contributed by atoms with E-state index >= 15 is 0 Å². The Kier molecular flexibility index (Phi) is 4.36. The lowest BCUT2D eigenvalue weighted by molar-refractivity contribution is -0.154. The molecule has 2 aliphatic rings. The number of rotatable bonds is 7. The quantitative estimate of drug-likeness (QED) is 0.713. The molecule has 1 heterocycles. The second kappa shape index (κ2) is 5.61. The molecular formula is C13H22O3S. The summed E-state index contributed by atoms with van der Waals surface area (Å²) >= 11 is 1.89. The summed E-state index contributed by atoms with van der Waals surface area (Å²) in [6.45, 7) is 2.78. The highest BCUT2D eigenvalue weighted by Crippen LogP contribution is 2.50. The number of hydrogen-bond donors (Lipinski definition) is 1. The van der Waals surface area contributed by atoms with Crippen molar-refractivity contribution in [2.75, 3.05) is 18.1 Å². The summed E-state index contributed by atoms with van der Waals surface area (Å²) in [4.78, 5) is 11.6.